The lowest BCUT2D eigenvalue weighted by atomic mass is 10.1. The van der Waals surface area contributed by atoms with Crippen molar-refractivity contribution in [2.45, 2.75) is 51.6 Å². The molecule has 1 N–H and O–H groups in total. The van der Waals surface area contributed by atoms with E-state index in [9.17, 15) is 4.79 Å². The van der Waals surface area contributed by atoms with Gasteiger partial charge in [-0.15, -0.1) is 0 Å². The largest absolute Gasteiger partial charge is 0.454 e. The molecule has 0 radical (unpaired) electrons. The molecule has 28 heavy (non-hydrogen) atoms. The quantitative estimate of drug-likeness (QED) is 0.790. The summed E-state index contributed by atoms with van der Waals surface area (Å²) in [5.41, 5.74) is 2.06. The van der Waals surface area contributed by atoms with Gasteiger partial charge >= 0.3 is 0 Å². The highest BCUT2D eigenvalue weighted by molar-refractivity contribution is 6.02. The highest BCUT2D eigenvalue weighted by Crippen LogP contribution is 2.26. The second-order valence-corrected chi connectivity index (χ2v) is 8.11. The average Bonchev–Trinajstić information content (AvgIpc) is 3.40. The number of rotatable bonds is 6. The van der Waals surface area contributed by atoms with Crippen molar-refractivity contribution in [1.82, 2.24) is 9.80 Å². The summed E-state index contributed by atoms with van der Waals surface area (Å²) in [5.74, 6) is 1.06. The van der Waals surface area contributed by atoms with Crippen molar-refractivity contribution in [2.24, 2.45) is 0 Å². The maximum absolute atomic E-state index is 12.7. The van der Waals surface area contributed by atoms with E-state index in [1.807, 2.05) is 18.2 Å². The Hall–Kier alpha value is -2.11. The summed E-state index contributed by atoms with van der Waals surface area (Å²) in [7, 11) is 0. The molecule has 2 saturated heterocycles. The molecule has 1 aromatic heterocycles. The maximum atomic E-state index is 12.7. The molecule has 4 rings (SSSR count). The van der Waals surface area contributed by atoms with Gasteiger partial charge in [-0.2, -0.15) is 0 Å². The van der Waals surface area contributed by atoms with Gasteiger partial charge in [-0.3, -0.25) is 14.6 Å². The number of nitrogens with one attached hydrogen (secondary N) is 1. The summed E-state index contributed by atoms with van der Waals surface area (Å²) >= 11 is 0. The van der Waals surface area contributed by atoms with Crippen LogP contribution in [0.4, 0.5) is 5.69 Å². The van der Waals surface area contributed by atoms with Crippen LogP contribution in [0.1, 0.15) is 66.9 Å². The summed E-state index contributed by atoms with van der Waals surface area (Å²) in [6, 6.07) is 12.1. The molecule has 0 saturated carbocycles. The number of amides is 1. The fourth-order valence-electron chi connectivity index (χ4n) is 4.32. The molecule has 2 aliphatic heterocycles. The number of hydrogen-bond acceptors (Lipinski definition) is 4. The van der Waals surface area contributed by atoms with E-state index >= 15 is 0 Å². The van der Waals surface area contributed by atoms with Crippen LogP contribution in [0, 0.1) is 0 Å². The molecule has 1 unspecified atom stereocenters. The number of piperidine rings is 1. The van der Waals surface area contributed by atoms with Crippen LogP contribution in [0.2, 0.25) is 0 Å². The van der Waals surface area contributed by atoms with Gasteiger partial charge in [-0.05, 0) is 88.6 Å². The van der Waals surface area contributed by atoms with Crippen molar-refractivity contribution in [3.8, 4) is 0 Å². The van der Waals surface area contributed by atoms with E-state index in [4.69, 9.17) is 4.42 Å². The van der Waals surface area contributed by atoms with Crippen molar-refractivity contribution in [1.29, 1.82) is 0 Å². The summed E-state index contributed by atoms with van der Waals surface area (Å²) in [6.45, 7) is 7.65. The van der Waals surface area contributed by atoms with Gasteiger partial charge in [-0.1, -0.05) is 18.6 Å². The zero-order valence-electron chi connectivity index (χ0n) is 16.8. The fraction of sp³-hybridized carbons (Fsp3) is 0.522. The van der Waals surface area contributed by atoms with E-state index in [-0.39, 0.29) is 11.9 Å². The van der Waals surface area contributed by atoms with Crippen LogP contribution in [0.25, 0.3) is 0 Å². The van der Waals surface area contributed by atoms with Gasteiger partial charge in [0.05, 0.1) is 6.04 Å². The van der Waals surface area contributed by atoms with Crippen LogP contribution in [0.15, 0.2) is 40.8 Å². The second kappa shape index (κ2) is 8.93. The Morgan fingerprint density at radius 3 is 2.57 bits per heavy atom. The first-order valence-electron chi connectivity index (χ1n) is 10.7. The Kier molecular flexibility index (Phi) is 6.13. The van der Waals surface area contributed by atoms with Crippen molar-refractivity contribution in [2.75, 3.05) is 31.5 Å². The maximum Gasteiger partial charge on any atom is 0.291 e. The molecule has 0 bridgehead atoms. The Morgan fingerprint density at radius 2 is 1.79 bits per heavy atom. The Balaban J connectivity index is 1.38. The zero-order valence-corrected chi connectivity index (χ0v) is 16.8. The van der Waals surface area contributed by atoms with E-state index < -0.39 is 0 Å². The van der Waals surface area contributed by atoms with Gasteiger partial charge in [0.1, 0.15) is 5.76 Å². The normalized spacial score (nSPS) is 19.6. The second-order valence-electron chi connectivity index (χ2n) is 8.11. The fourth-order valence-corrected chi connectivity index (χ4v) is 4.32. The summed E-state index contributed by atoms with van der Waals surface area (Å²) in [6.07, 6.45) is 6.37. The first-order chi connectivity index (χ1) is 13.7. The van der Waals surface area contributed by atoms with Gasteiger partial charge in [0.25, 0.3) is 5.91 Å². The van der Waals surface area contributed by atoms with Crippen LogP contribution in [-0.2, 0) is 6.54 Å². The molecule has 2 aliphatic rings. The van der Waals surface area contributed by atoms with E-state index in [2.05, 4.69) is 34.2 Å². The molecular formula is C23H31N3O2. The molecule has 1 atom stereocenters. The Labute approximate surface area is 167 Å². The minimum absolute atomic E-state index is 0.185. The Bertz CT molecular complexity index is 789. The average molecular weight is 382 g/mol. The van der Waals surface area contributed by atoms with Crippen LogP contribution in [-0.4, -0.2) is 41.9 Å². The predicted molar refractivity (Wildman–Crippen MR) is 111 cm³/mol. The van der Waals surface area contributed by atoms with Crippen molar-refractivity contribution in [3.05, 3.63) is 53.5 Å². The molecular weight excluding hydrogens is 350 g/mol. The number of hydrogen-bond donors (Lipinski definition) is 1. The molecule has 150 valence electrons. The summed E-state index contributed by atoms with van der Waals surface area (Å²) in [4.78, 5) is 17.5. The number of anilines is 1. The number of likely N-dealkylation sites (tertiary alicyclic amines) is 2. The minimum atomic E-state index is -0.185. The molecule has 1 aromatic carbocycles. The first kappa shape index (κ1) is 19.2. The topological polar surface area (TPSA) is 48.7 Å². The third-order valence-corrected chi connectivity index (χ3v) is 5.99. The highest BCUT2D eigenvalue weighted by Gasteiger charge is 2.22. The first-order valence-corrected chi connectivity index (χ1v) is 10.7. The number of nitrogens with zero attached hydrogens (tertiary/aromatic N) is 2. The number of carbonyl (C=O) groups is 1. The summed E-state index contributed by atoms with van der Waals surface area (Å²) < 4.78 is 5.91. The molecule has 5 heteroatoms. The number of benzene rings is 1. The molecule has 0 aliphatic carbocycles. The van der Waals surface area contributed by atoms with Gasteiger partial charge in [-0.25, -0.2) is 0 Å². The predicted octanol–water partition coefficient (Wildman–Crippen LogP) is 4.67. The van der Waals surface area contributed by atoms with Gasteiger partial charge < -0.3 is 9.73 Å². The molecule has 5 nitrogen and oxygen atoms in total. The highest BCUT2D eigenvalue weighted by atomic mass is 16.4. The van der Waals surface area contributed by atoms with E-state index in [0.29, 0.717) is 5.76 Å². The molecule has 1 amide bonds. The van der Waals surface area contributed by atoms with Crippen LogP contribution < -0.4 is 5.32 Å². The Morgan fingerprint density at radius 1 is 1.04 bits per heavy atom. The number of furan rings is 1. The van der Waals surface area contributed by atoms with Crippen LogP contribution >= 0.6 is 0 Å². The van der Waals surface area contributed by atoms with Crippen molar-refractivity contribution in [3.63, 3.8) is 0 Å². The van der Waals surface area contributed by atoms with Gasteiger partial charge in [0.15, 0.2) is 5.76 Å². The van der Waals surface area contributed by atoms with Crippen LogP contribution in [0.3, 0.4) is 0 Å². The lowest BCUT2D eigenvalue weighted by Crippen LogP contribution is -2.32. The van der Waals surface area contributed by atoms with E-state index in [1.54, 1.807) is 6.07 Å². The molecule has 2 fully saturated rings. The molecule has 2 aromatic rings. The molecule has 0 spiro atoms. The standard InChI is InChI=1S/C23H31N3O2/c1-18(26-14-3-2-4-15-26)21-10-11-22(28-21)23(27)24-20-9-7-8-19(16-20)17-25-12-5-6-13-25/h7-11,16,18H,2-6,12-15,17H2,1H3,(H,24,27). The lowest BCUT2D eigenvalue weighted by Gasteiger charge is -2.31. The third kappa shape index (κ3) is 4.65. The van der Waals surface area contributed by atoms with Gasteiger partial charge in [0, 0.05) is 12.2 Å². The smallest absolute Gasteiger partial charge is 0.291 e. The van der Waals surface area contributed by atoms with Crippen molar-refractivity contribution < 1.29 is 9.21 Å². The van der Waals surface area contributed by atoms with Crippen LogP contribution in [0.5, 0.6) is 0 Å². The zero-order chi connectivity index (χ0) is 19.3. The molecule has 3 heterocycles. The lowest BCUT2D eigenvalue weighted by molar-refractivity contribution is 0.0987. The van der Waals surface area contributed by atoms with Gasteiger partial charge in [0.2, 0.25) is 0 Å². The van der Waals surface area contributed by atoms with Crippen molar-refractivity contribution >= 4 is 11.6 Å². The number of carbonyl (C=O) groups excluding carboxylic acids is 1. The SMILES string of the molecule is CC(c1ccc(C(=O)Nc2cccc(CN3CCCC3)c2)o1)N1CCCCC1. The minimum Gasteiger partial charge on any atom is -0.454 e. The monoisotopic (exact) mass is 381 g/mol. The third-order valence-electron chi connectivity index (χ3n) is 5.99. The van der Waals surface area contributed by atoms with E-state index in [1.165, 1.54) is 50.8 Å². The summed E-state index contributed by atoms with van der Waals surface area (Å²) in [5, 5.41) is 2.99. The van der Waals surface area contributed by atoms with E-state index in [0.717, 1.165) is 31.1 Å².